The first kappa shape index (κ1) is 13.7. The molecule has 1 atom stereocenters. The average Bonchev–Trinajstić information content (AvgIpc) is 2.53. The molecule has 3 rings (SSSR count). The number of morpholine rings is 1. The summed E-state index contributed by atoms with van der Waals surface area (Å²) in [5, 5.41) is 3.50. The zero-order valence-electron chi connectivity index (χ0n) is 12.1. The summed E-state index contributed by atoms with van der Waals surface area (Å²) in [5.41, 5.74) is 2.57. The van der Waals surface area contributed by atoms with E-state index in [1.165, 1.54) is 11.1 Å². The molecule has 1 aromatic rings. The van der Waals surface area contributed by atoms with Gasteiger partial charge in [0, 0.05) is 37.8 Å². The SMILES string of the molecule is COc1cc2c(c(OC)c1)[C@H](N1CCOCC1)CNC2. The first-order valence-corrected chi connectivity index (χ1v) is 7.11. The summed E-state index contributed by atoms with van der Waals surface area (Å²) in [5.74, 6) is 1.78. The second-order valence-electron chi connectivity index (χ2n) is 5.20. The Morgan fingerprint density at radius 3 is 2.70 bits per heavy atom. The molecule has 1 N–H and O–H groups in total. The van der Waals surface area contributed by atoms with Crippen molar-refractivity contribution in [3.8, 4) is 11.5 Å². The van der Waals surface area contributed by atoms with Gasteiger partial charge in [-0.2, -0.15) is 0 Å². The first-order chi connectivity index (χ1) is 9.83. The Bertz CT molecular complexity index is 455. The Morgan fingerprint density at radius 1 is 1.20 bits per heavy atom. The highest BCUT2D eigenvalue weighted by Crippen LogP contribution is 2.38. The molecule has 20 heavy (non-hydrogen) atoms. The van der Waals surface area contributed by atoms with Crippen molar-refractivity contribution in [3.63, 3.8) is 0 Å². The van der Waals surface area contributed by atoms with Crippen molar-refractivity contribution in [2.45, 2.75) is 12.6 Å². The lowest BCUT2D eigenvalue weighted by Gasteiger charge is -2.38. The second-order valence-corrected chi connectivity index (χ2v) is 5.20. The first-order valence-electron chi connectivity index (χ1n) is 7.11. The predicted octanol–water partition coefficient (Wildman–Crippen LogP) is 1.18. The molecule has 2 heterocycles. The second kappa shape index (κ2) is 5.99. The number of rotatable bonds is 3. The van der Waals surface area contributed by atoms with Crippen LogP contribution in [0.2, 0.25) is 0 Å². The maximum Gasteiger partial charge on any atom is 0.127 e. The minimum atomic E-state index is 0.350. The van der Waals surface area contributed by atoms with E-state index in [0.29, 0.717) is 6.04 Å². The third-order valence-corrected chi connectivity index (χ3v) is 4.13. The minimum Gasteiger partial charge on any atom is -0.497 e. The van der Waals surface area contributed by atoms with Gasteiger partial charge >= 0.3 is 0 Å². The van der Waals surface area contributed by atoms with Gasteiger partial charge in [0.2, 0.25) is 0 Å². The molecule has 5 nitrogen and oxygen atoms in total. The highest BCUT2D eigenvalue weighted by Gasteiger charge is 2.30. The molecule has 1 saturated heterocycles. The van der Waals surface area contributed by atoms with E-state index >= 15 is 0 Å². The van der Waals surface area contributed by atoms with E-state index in [-0.39, 0.29) is 0 Å². The van der Waals surface area contributed by atoms with Gasteiger partial charge in [-0.15, -0.1) is 0 Å². The fourth-order valence-electron chi connectivity index (χ4n) is 3.11. The van der Waals surface area contributed by atoms with Gasteiger partial charge in [0.05, 0.1) is 33.5 Å². The van der Waals surface area contributed by atoms with E-state index in [1.807, 2.05) is 6.07 Å². The standard InChI is InChI=1S/C15H22N2O3/c1-18-12-7-11-9-16-10-13(15(11)14(8-12)19-2)17-3-5-20-6-4-17/h7-8,13,16H,3-6,9-10H2,1-2H3/t13-/m1/s1. The lowest BCUT2D eigenvalue weighted by Crippen LogP contribution is -2.45. The van der Waals surface area contributed by atoms with Crippen molar-refractivity contribution < 1.29 is 14.2 Å². The highest BCUT2D eigenvalue weighted by atomic mass is 16.5. The van der Waals surface area contributed by atoms with Gasteiger partial charge in [-0.05, 0) is 11.6 Å². The van der Waals surface area contributed by atoms with E-state index in [0.717, 1.165) is 50.9 Å². The Morgan fingerprint density at radius 2 is 2.00 bits per heavy atom. The van der Waals surface area contributed by atoms with Crippen LogP contribution in [0.4, 0.5) is 0 Å². The summed E-state index contributed by atoms with van der Waals surface area (Å²) >= 11 is 0. The highest BCUT2D eigenvalue weighted by molar-refractivity contribution is 5.49. The van der Waals surface area contributed by atoms with Gasteiger partial charge in [0.1, 0.15) is 11.5 Å². The number of ether oxygens (including phenoxy) is 3. The summed E-state index contributed by atoms with van der Waals surface area (Å²) in [6, 6.07) is 4.44. The molecule has 2 aliphatic rings. The number of hydrogen-bond donors (Lipinski definition) is 1. The molecule has 0 amide bonds. The number of nitrogens with one attached hydrogen (secondary N) is 1. The van der Waals surface area contributed by atoms with E-state index in [4.69, 9.17) is 14.2 Å². The van der Waals surface area contributed by atoms with Crippen LogP contribution in [0.1, 0.15) is 17.2 Å². The number of fused-ring (bicyclic) bond motifs is 1. The van der Waals surface area contributed by atoms with Crippen LogP contribution < -0.4 is 14.8 Å². The fraction of sp³-hybridized carbons (Fsp3) is 0.600. The van der Waals surface area contributed by atoms with Crippen molar-refractivity contribution >= 4 is 0 Å². The normalized spacial score (nSPS) is 23.2. The Balaban J connectivity index is 1.97. The quantitative estimate of drug-likeness (QED) is 0.899. The number of hydrogen-bond acceptors (Lipinski definition) is 5. The molecule has 2 aliphatic heterocycles. The van der Waals surface area contributed by atoms with Crippen molar-refractivity contribution in [1.29, 1.82) is 0 Å². The summed E-state index contributed by atoms with van der Waals surface area (Å²) in [7, 11) is 3.42. The topological polar surface area (TPSA) is 43.0 Å². The van der Waals surface area contributed by atoms with Crippen LogP contribution in [0.25, 0.3) is 0 Å². The zero-order valence-corrected chi connectivity index (χ0v) is 12.1. The van der Waals surface area contributed by atoms with E-state index in [2.05, 4.69) is 16.3 Å². The van der Waals surface area contributed by atoms with Gasteiger partial charge in [0.25, 0.3) is 0 Å². The predicted molar refractivity (Wildman–Crippen MR) is 76.4 cm³/mol. The lowest BCUT2D eigenvalue weighted by molar-refractivity contribution is 0.0141. The van der Waals surface area contributed by atoms with Gasteiger partial charge in [0.15, 0.2) is 0 Å². The Hall–Kier alpha value is -1.30. The summed E-state index contributed by atoms with van der Waals surface area (Å²) in [4.78, 5) is 2.48. The molecule has 0 unspecified atom stereocenters. The number of benzene rings is 1. The summed E-state index contributed by atoms with van der Waals surface area (Å²) < 4.78 is 16.4. The molecular weight excluding hydrogens is 256 g/mol. The number of nitrogens with zero attached hydrogens (tertiary/aromatic N) is 1. The summed E-state index contributed by atoms with van der Waals surface area (Å²) in [6.45, 7) is 5.38. The third kappa shape index (κ3) is 2.49. The van der Waals surface area contributed by atoms with Gasteiger partial charge in [-0.1, -0.05) is 0 Å². The van der Waals surface area contributed by atoms with Gasteiger partial charge < -0.3 is 19.5 Å². The largest absolute Gasteiger partial charge is 0.497 e. The Labute approximate surface area is 119 Å². The van der Waals surface area contributed by atoms with Crippen LogP contribution in [0, 0.1) is 0 Å². The molecular formula is C15H22N2O3. The van der Waals surface area contributed by atoms with Crippen LogP contribution in [0.3, 0.4) is 0 Å². The zero-order chi connectivity index (χ0) is 13.9. The molecule has 0 saturated carbocycles. The monoisotopic (exact) mass is 278 g/mol. The minimum absolute atomic E-state index is 0.350. The molecule has 0 radical (unpaired) electrons. The van der Waals surface area contributed by atoms with E-state index in [9.17, 15) is 0 Å². The molecule has 0 aromatic heterocycles. The molecule has 5 heteroatoms. The van der Waals surface area contributed by atoms with E-state index in [1.54, 1.807) is 14.2 Å². The fourth-order valence-corrected chi connectivity index (χ4v) is 3.11. The van der Waals surface area contributed by atoms with Crippen molar-refractivity contribution in [3.05, 3.63) is 23.3 Å². The van der Waals surface area contributed by atoms with Crippen LogP contribution >= 0.6 is 0 Å². The van der Waals surface area contributed by atoms with Crippen LogP contribution in [-0.2, 0) is 11.3 Å². The third-order valence-electron chi connectivity index (χ3n) is 4.13. The molecule has 1 aromatic carbocycles. The maximum absolute atomic E-state index is 5.61. The molecule has 0 bridgehead atoms. The smallest absolute Gasteiger partial charge is 0.127 e. The Kier molecular flexibility index (Phi) is 4.10. The van der Waals surface area contributed by atoms with Crippen LogP contribution in [-0.4, -0.2) is 52.0 Å². The number of methoxy groups -OCH3 is 2. The lowest BCUT2D eigenvalue weighted by atomic mass is 9.93. The van der Waals surface area contributed by atoms with Crippen LogP contribution in [0.15, 0.2) is 12.1 Å². The van der Waals surface area contributed by atoms with Crippen LogP contribution in [0.5, 0.6) is 11.5 Å². The van der Waals surface area contributed by atoms with Crippen molar-refractivity contribution in [2.75, 3.05) is 47.1 Å². The van der Waals surface area contributed by atoms with Gasteiger partial charge in [-0.3, -0.25) is 4.90 Å². The van der Waals surface area contributed by atoms with Crippen molar-refractivity contribution in [2.24, 2.45) is 0 Å². The average molecular weight is 278 g/mol. The molecule has 0 aliphatic carbocycles. The maximum atomic E-state index is 5.61. The van der Waals surface area contributed by atoms with Gasteiger partial charge in [-0.25, -0.2) is 0 Å². The van der Waals surface area contributed by atoms with Crippen molar-refractivity contribution in [1.82, 2.24) is 10.2 Å². The molecule has 110 valence electrons. The van der Waals surface area contributed by atoms with E-state index < -0.39 is 0 Å². The molecule has 1 fully saturated rings. The summed E-state index contributed by atoms with van der Waals surface area (Å²) in [6.07, 6.45) is 0. The molecule has 0 spiro atoms.